The summed E-state index contributed by atoms with van der Waals surface area (Å²) in [6.07, 6.45) is 9.12. The fraction of sp³-hybridized carbons (Fsp3) is 0.417. The van der Waals surface area contributed by atoms with E-state index in [1.807, 2.05) is 76.6 Å². The van der Waals surface area contributed by atoms with E-state index in [1.54, 1.807) is 17.4 Å². The van der Waals surface area contributed by atoms with Crippen LogP contribution in [0.4, 0.5) is 0 Å². The topological polar surface area (TPSA) is 75.4 Å². The molecular weight excluding hydrogens is 554 g/mol. The van der Waals surface area contributed by atoms with Crippen molar-refractivity contribution in [3.05, 3.63) is 106 Å². The average molecular weight is 596 g/mol. The van der Waals surface area contributed by atoms with Gasteiger partial charge in [-0.1, -0.05) is 43.7 Å². The number of aliphatic hydroxyl groups is 1. The van der Waals surface area contributed by atoms with Gasteiger partial charge in [0.25, 0.3) is 5.91 Å². The fourth-order valence-corrected chi connectivity index (χ4v) is 7.98. The van der Waals surface area contributed by atoms with Crippen LogP contribution in [0.3, 0.4) is 0 Å². The van der Waals surface area contributed by atoms with Crippen molar-refractivity contribution in [1.82, 2.24) is 14.5 Å². The van der Waals surface area contributed by atoms with Gasteiger partial charge in [-0.3, -0.25) is 9.59 Å². The summed E-state index contributed by atoms with van der Waals surface area (Å²) in [6.45, 7) is 4.90. The Hall–Kier alpha value is -3.55. The number of amides is 1. The predicted octanol–water partition coefficient (Wildman–Crippen LogP) is 7.45. The molecule has 1 aliphatic heterocycles. The van der Waals surface area contributed by atoms with E-state index in [-0.39, 0.29) is 36.0 Å². The molecule has 3 heterocycles. The maximum atomic E-state index is 14.1. The van der Waals surface area contributed by atoms with E-state index in [9.17, 15) is 14.7 Å². The minimum Gasteiger partial charge on any atom is -0.393 e. The first-order valence-electron chi connectivity index (χ1n) is 15.6. The number of aromatic nitrogens is 2. The highest BCUT2D eigenvalue weighted by atomic mass is 32.1. The van der Waals surface area contributed by atoms with Gasteiger partial charge in [0.05, 0.1) is 12.1 Å². The molecule has 2 fully saturated rings. The molecule has 1 amide bonds. The summed E-state index contributed by atoms with van der Waals surface area (Å²) in [7, 11) is 0. The molecule has 224 valence electrons. The first kappa shape index (κ1) is 29.5. The number of carbonyl (C=O) groups is 2. The lowest BCUT2D eigenvalue weighted by molar-refractivity contribution is 0.0444. The molecule has 0 spiro atoms. The van der Waals surface area contributed by atoms with Crippen LogP contribution in [0, 0.1) is 24.7 Å². The Bertz CT molecular complexity index is 1550. The number of aliphatic hydroxyl groups excluding tert-OH is 1. The molecule has 43 heavy (non-hydrogen) atoms. The second-order valence-corrected chi connectivity index (χ2v) is 13.5. The number of hydrogen-bond donors (Lipinski definition) is 1. The molecule has 0 unspecified atom stereocenters. The number of benzene rings is 2. The zero-order chi connectivity index (χ0) is 29.9. The van der Waals surface area contributed by atoms with Gasteiger partial charge in [0.2, 0.25) is 0 Å². The highest BCUT2D eigenvalue weighted by Gasteiger charge is 2.35. The summed E-state index contributed by atoms with van der Waals surface area (Å²) in [4.78, 5) is 34.7. The first-order chi connectivity index (χ1) is 20.9. The Morgan fingerprint density at radius 3 is 2.49 bits per heavy atom. The summed E-state index contributed by atoms with van der Waals surface area (Å²) in [6, 6.07) is 19.5. The van der Waals surface area contributed by atoms with Crippen LogP contribution in [-0.4, -0.2) is 43.9 Å². The lowest BCUT2D eigenvalue weighted by atomic mass is 9.81. The Kier molecular flexibility index (Phi) is 8.91. The molecule has 1 N–H and O–H groups in total. The smallest absolute Gasteiger partial charge is 0.254 e. The van der Waals surface area contributed by atoms with E-state index >= 15 is 0 Å². The van der Waals surface area contributed by atoms with Crippen molar-refractivity contribution in [3.8, 4) is 5.69 Å². The minimum atomic E-state index is -0.546. The maximum absolute atomic E-state index is 14.1. The third kappa shape index (κ3) is 6.68. The van der Waals surface area contributed by atoms with Crippen molar-refractivity contribution < 1.29 is 14.7 Å². The highest BCUT2D eigenvalue weighted by molar-refractivity contribution is 7.09. The van der Waals surface area contributed by atoms with Crippen LogP contribution in [0.15, 0.2) is 78.4 Å². The van der Waals surface area contributed by atoms with Gasteiger partial charge >= 0.3 is 0 Å². The summed E-state index contributed by atoms with van der Waals surface area (Å²) < 4.78 is 1.94. The number of thiazole rings is 1. The number of carbonyl (C=O) groups excluding carboxylic acids is 2. The number of ketones is 1. The Morgan fingerprint density at radius 1 is 1.02 bits per heavy atom. The van der Waals surface area contributed by atoms with E-state index in [4.69, 9.17) is 0 Å². The quantitative estimate of drug-likeness (QED) is 0.193. The first-order valence-corrected chi connectivity index (χ1v) is 16.5. The molecule has 1 saturated heterocycles. The molecule has 6 nitrogen and oxygen atoms in total. The van der Waals surface area contributed by atoms with Crippen molar-refractivity contribution in [1.29, 1.82) is 0 Å². The SMILES string of the molecule is Cc1csc([C@H]2CCCN2C(=O)c2cc(C(=O)C[C@@H](Cc3ccccc3)[C@H](O)[C@H]3CC[C@@H](C)C3)cc(-n3cccc3)c2)n1. The van der Waals surface area contributed by atoms with Crippen LogP contribution in [0.2, 0.25) is 0 Å². The molecule has 5 atom stereocenters. The maximum Gasteiger partial charge on any atom is 0.254 e. The van der Waals surface area contributed by atoms with Gasteiger partial charge in [-0.05, 0) is 92.7 Å². The lowest BCUT2D eigenvalue weighted by Gasteiger charge is -2.28. The second kappa shape index (κ2) is 13.0. The highest BCUT2D eigenvalue weighted by Crippen LogP contribution is 2.38. The Balaban J connectivity index is 1.30. The largest absolute Gasteiger partial charge is 0.393 e. The van der Waals surface area contributed by atoms with Crippen molar-refractivity contribution in [2.45, 2.75) is 70.9 Å². The van der Waals surface area contributed by atoms with E-state index in [0.29, 0.717) is 30.0 Å². The van der Waals surface area contributed by atoms with Gasteiger partial charge < -0.3 is 14.6 Å². The van der Waals surface area contributed by atoms with E-state index in [2.05, 4.69) is 24.0 Å². The van der Waals surface area contributed by atoms with E-state index in [1.165, 1.54) is 0 Å². The molecular formula is C36H41N3O3S. The Morgan fingerprint density at radius 2 is 1.79 bits per heavy atom. The van der Waals surface area contributed by atoms with Crippen LogP contribution in [0.1, 0.15) is 88.5 Å². The van der Waals surface area contributed by atoms with Gasteiger partial charge in [0.1, 0.15) is 5.01 Å². The van der Waals surface area contributed by atoms with Crippen LogP contribution in [0.25, 0.3) is 5.69 Å². The fourth-order valence-electron chi connectivity index (χ4n) is 7.04. The summed E-state index contributed by atoms with van der Waals surface area (Å²) in [5.74, 6) is 0.501. The number of likely N-dealkylation sites (tertiary alicyclic amines) is 1. The normalized spacial score (nSPS) is 21.7. The van der Waals surface area contributed by atoms with Gasteiger partial charge in [0.15, 0.2) is 5.78 Å². The number of nitrogens with zero attached hydrogens (tertiary/aromatic N) is 3. The number of aryl methyl sites for hydroxylation is 1. The van der Waals surface area contributed by atoms with Gasteiger partial charge in [0, 0.05) is 53.2 Å². The molecule has 0 bridgehead atoms. The molecule has 6 rings (SSSR count). The predicted molar refractivity (Wildman–Crippen MR) is 171 cm³/mol. The minimum absolute atomic E-state index is 0.0393. The summed E-state index contributed by atoms with van der Waals surface area (Å²) in [5, 5.41) is 14.6. The lowest BCUT2D eigenvalue weighted by Crippen LogP contribution is -2.32. The monoisotopic (exact) mass is 595 g/mol. The molecule has 4 aromatic rings. The van der Waals surface area contributed by atoms with Crippen LogP contribution < -0.4 is 0 Å². The molecule has 2 aromatic carbocycles. The van der Waals surface area contributed by atoms with Gasteiger partial charge in [-0.15, -0.1) is 11.3 Å². The molecule has 7 heteroatoms. The van der Waals surface area contributed by atoms with E-state index in [0.717, 1.165) is 54.1 Å². The van der Waals surface area contributed by atoms with E-state index < -0.39 is 6.10 Å². The second-order valence-electron chi connectivity index (χ2n) is 12.6. The third-order valence-corrected chi connectivity index (χ3v) is 10.4. The van der Waals surface area contributed by atoms with Crippen LogP contribution >= 0.6 is 11.3 Å². The zero-order valence-electron chi connectivity index (χ0n) is 25.1. The summed E-state index contributed by atoms with van der Waals surface area (Å²) in [5.41, 5.74) is 3.91. The standard InChI is InChI=1S/C36H41N3O3S/c1-24-12-13-27(17-24)34(41)29(18-26-9-4-3-5-10-26)22-33(40)28-19-30(21-31(20-28)38-14-6-7-15-38)36(42)39-16-8-11-32(39)35-37-25(2)23-43-35/h3-7,9-10,14-15,19-21,23-24,27,29,32,34,41H,8,11-13,16-18,22H2,1-2H3/t24-,27+,29-,32-,34-/m1/s1. The number of rotatable bonds is 10. The van der Waals surface area contributed by atoms with Crippen LogP contribution in [-0.2, 0) is 6.42 Å². The third-order valence-electron chi connectivity index (χ3n) is 9.31. The van der Waals surface area contributed by atoms with Gasteiger partial charge in [-0.2, -0.15) is 0 Å². The van der Waals surface area contributed by atoms with Crippen LogP contribution in [0.5, 0.6) is 0 Å². The molecule has 2 aromatic heterocycles. The Labute approximate surface area is 258 Å². The summed E-state index contributed by atoms with van der Waals surface area (Å²) >= 11 is 1.61. The number of Topliss-reactive ketones (excluding diaryl/α,β-unsaturated/α-hetero) is 1. The van der Waals surface area contributed by atoms with Crippen molar-refractivity contribution in [2.24, 2.45) is 17.8 Å². The molecule has 0 radical (unpaired) electrons. The van der Waals surface area contributed by atoms with Gasteiger partial charge in [-0.25, -0.2) is 4.98 Å². The zero-order valence-corrected chi connectivity index (χ0v) is 25.9. The van der Waals surface area contributed by atoms with Crippen molar-refractivity contribution >= 4 is 23.0 Å². The average Bonchev–Trinajstić information content (AvgIpc) is 3.84. The number of hydrogen-bond acceptors (Lipinski definition) is 5. The van der Waals surface area contributed by atoms with Crippen molar-refractivity contribution in [3.63, 3.8) is 0 Å². The molecule has 1 saturated carbocycles. The molecule has 2 aliphatic rings. The molecule has 1 aliphatic carbocycles. The van der Waals surface area contributed by atoms with Crippen molar-refractivity contribution in [2.75, 3.05) is 6.54 Å².